The fourth-order valence-corrected chi connectivity index (χ4v) is 1.12. The van der Waals surface area contributed by atoms with E-state index in [0.717, 1.165) is 18.2 Å². The van der Waals surface area contributed by atoms with Gasteiger partial charge in [0.2, 0.25) is 0 Å². The molecule has 0 amide bonds. The van der Waals surface area contributed by atoms with Crippen molar-refractivity contribution in [1.82, 2.24) is 9.97 Å². The lowest BCUT2D eigenvalue weighted by Gasteiger charge is -2.11. The second kappa shape index (κ2) is 6.27. The quantitative estimate of drug-likeness (QED) is 0.678. The highest BCUT2D eigenvalue weighted by atomic mass is 15.1. The van der Waals surface area contributed by atoms with Gasteiger partial charge in [0.15, 0.2) is 0 Å². The lowest BCUT2D eigenvalue weighted by Crippen LogP contribution is -2.25. The number of nitrogens with one attached hydrogen (secondary N) is 2. The molecular weight excluding hydrogens is 202 g/mol. The van der Waals surface area contributed by atoms with Crippen LogP contribution in [-0.4, -0.2) is 29.1 Å². The van der Waals surface area contributed by atoms with Crippen molar-refractivity contribution in [2.24, 2.45) is 11.7 Å². The summed E-state index contributed by atoms with van der Waals surface area (Å²) < 4.78 is 0. The number of anilines is 2. The summed E-state index contributed by atoms with van der Waals surface area (Å²) in [6.07, 6.45) is 1.55. The Hall–Kier alpha value is -1.36. The summed E-state index contributed by atoms with van der Waals surface area (Å²) in [7, 11) is 0. The summed E-state index contributed by atoms with van der Waals surface area (Å²) in [6.45, 7) is 7.88. The predicted octanol–water partition coefficient (Wildman–Crippen LogP) is 1.30. The van der Waals surface area contributed by atoms with Crippen LogP contribution in [0.5, 0.6) is 0 Å². The van der Waals surface area contributed by atoms with Crippen LogP contribution in [0.4, 0.5) is 11.6 Å². The fourth-order valence-electron chi connectivity index (χ4n) is 1.12. The Morgan fingerprint density at radius 2 is 1.69 bits per heavy atom. The first-order valence-corrected chi connectivity index (χ1v) is 5.63. The van der Waals surface area contributed by atoms with E-state index in [-0.39, 0.29) is 6.04 Å². The average molecular weight is 223 g/mol. The standard InChI is InChI=1S/C11H21N5/c1-8(2)5-13-10-4-11(16-7-15-10)14-6-9(3)12/h4,7-9H,5-6,12H2,1-3H3,(H2,13,14,15,16). The third-order valence-corrected chi connectivity index (χ3v) is 1.96. The molecule has 1 atom stereocenters. The van der Waals surface area contributed by atoms with Crippen LogP contribution < -0.4 is 16.4 Å². The number of hydrogen-bond donors (Lipinski definition) is 3. The maximum Gasteiger partial charge on any atom is 0.131 e. The van der Waals surface area contributed by atoms with Gasteiger partial charge in [-0.15, -0.1) is 0 Å². The molecule has 0 aromatic carbocycles. The Kier molecular flexibility index (Phi) is 4.98. The second-order valence-corrected chi connectivity index (χ2v) is 4.42. The molecule has 0 fully saturated rings. The number of nitrogens with zero attached hydrogens (tertiary/aromatic N) is 2. The van der Waals surface area contributed by atoms with E-state index in [2.05, 4.69) is 34.4 Å². The molecule has 0 spiro atoms. The van der Waals surface area contributed by atoms with E-state index in [1.807, 2.05) is 13.0 Å². The molecule has 0 saturated carbocycles. The third kappa shape index (κ3) is 4.93. The summed E-state index contributed by atoms with van der Waals surface area (Å²) in [5, 5.41) is 6.41. The van der Waals surface area contributed by atoms with Gasteiger partial charge in [0.1, 0.15) is 18.0 Å². The molecule has 90 valence electrons. The van der Waals surface area contributed by atoms with Gasteiger partial charge in [-0.25, -0.2) is 9.97 Å². The van der Waals surface area contributed by atoms with Crippen molar-refractivity contribution in [3.63, 3.8) is 0 Å². The fraction of sp³-hybridized carbons (Fsp3) is 0.636. The molecule has 1 unspecified atom stereocenters. The van der Waals surface area contributed by atoms with E-state index >= 15 is 0 Å². The first kappa shape index (κ1) is 12.7. The first-order valence-electron chi connectivity index (χ1n) is 5.63. The minimum absolute atomic E-state index is 0.113. The molecule has 1 heterocycles. The molecule has 0 saturated heterocycles. The highest BCUT2D eigenvalue weighted by Crippen LogP contribution is 2.08. The minimum Gasteiger partial charge on any atom is -0.370 e. The van der Waals surface area contributed by atoms with Crippen molar-refractivity contribution < 1.29 is 0 Å². The van der Waals surface area contributed by atoms with Crippen LogP contribution in [0.1, 0.15) is 20.8 Å². The van der Waals surface area contributed by atoms with Crippen molar-refractivity contribution in [2.45, 2.75) is 26.8 Å². The molecule has 16 heavy (non-hydrogen) atoms. The van der Waals surface area contributed by atoms with Crippen LogP contribution in [0.3, 0.4) is 0 Å². The molecule has 5 heteroatoms. The number of aromatic nitrogens is 2. The minimum atomic E-state index is 0.113. The molecule has 1 aromatic heterocycles. The third-order valence-electron chi connectivity index (χ3n) is 1.96. The topological polar surface area (TPSA) is 75.9 Å². The normalized spacial score (nSPS) is 12.6. The molecule has 0 bridgehead atoms. The van der Waals surface area contributed by atoms with Gasteiger partial charge in [0, 0.05) is 25.2 Å². The molecule has 0 aliphatic rings. The monoisotopic (exact) mass is 223 g/mol. The summed E-state index contributed by atoms with van der Waals surface area (Å²) >= 11 is 0. The summed E-state index contributed by atoms with van der Waals surface area (Å²) in [5.41, 5.74) is 5.66. The predicted molar refractivity (Wildman–Crippen MR) is 67.5 cm³/mol. The van der Waals surface area contributed by atoms with E-state index in [4.69, 9.17) is 5.73 Å². The lowest BCUT2D eigenvalue weighted by atomic mass is 10.2. The van der Waals surface area contributed by atoms with Crippen LogP contribution in [0, 0.1) is 5.92 Å². The molecule has 4 N–H and O–H groups in total. The molecule has 0 aliphatic heterocycles. The summed E-state index contributed by atoms with van der Waals surface area (Å²) in [4.78, 5) is 8.27. The van der Waals surface area contributed by atoms with E-state index in [9.17, 15) is 0 Å². The summed E-state index contributed by atoms with van der Waals surface area (Å²) in [6, 6.07) is 2.01. The SMILES string of the molecule is CC(C)CNc1cc(NCC(C)N)ncn1. The summed E-state index contributed by atoms with van der Waals surface area (Å²) in [5.74, 6) is 2.24. The molecule has 1 aromatic rings. The smallest absolute Gasteiger partial charge is 0.131 e. The number of hydrogen-bond acceptors (Lipinski definition) is 5. The first-order chi connectivity index (χ1) is 7.58. The molecular formula is C11H21N5. The molecule has 5 nitrogen and oxygen atoms in total. The molecule has 1 rings (SSSR count). The van der Waals surface area contributed by atoms with Gasteiger partial charge in [0.05, 0.1) is 0 Å². The highest BCUT2D eigenvalue weighted by molar-refractivity contribution is 5.46. The van der Waals surface area contributed by atoms with Crippen molar-refractivity contribution >= 4 is 11.6 Å². The van der Waals surface area contributed by atoms with Gasteiger partial charge in [-0.2, -0.15) is 0 Å². The zero-order chi connectivity index (χ0) is 12.0. The zero-order valence-corrected chi connectivity index (χ0v) is 10.2. The van der Waals surface area contributed by atoms with Crippen LogP contribution in [0.15, 0.2) is 12.4 Å². The Bertz CT molecular complexity index is 284. The van der Waals surface area contributed by atoms with Gasteiger partial charge in [-0.05, 0) is 12.8 Å². The van der Waals surface area contributed by atoms with E-state index in [1.54, 1.807) is 6.33 Å². The van der Waals surface area contributed by atoms with Crippen LogP contribution in [0.25, 0.3) is 0 Å². The van der Waals surface area contributed by atoms with Crippen molar-refractivity contribution in [3.05, 3.63) is 12.4 Å². The van der Waals surface area contributed by atoms with Crippen LogP contribution >= 0.6 is 0 Å². The zero-order valence-electron chi connectivity index (χ0n) is 10.2. The van der Waals surface area contributed by atoms with Gasteiger partial charge in [-0.3, -0.25) is 0 Å². The van der Waals surface area contributed by atoms with Crippen LogP contribution in [-0.2, 0) is 0 Å². The molecule has 0 radical (unpaired) electrons. The number of nitrogens with two attached hydrogens (primary N) is 1. The Morgan fingerprint density at radius 3 is 2.19 bits per heavy atom. The second-order valence-electron chi connectivity index (χ2n) is 4.42. The number of rotatable bonds is 6. The van der Waals surface area contributed by atoms with Gasteiger partial charge in [0.25, 0.3) is 0 Å². The maximum atomic E-state index is 5.66. The Labute approximate surface area is 96.9 Å². The highest BCUT2D eigenvalue weighted by Gasteiger charge is 2.00. The van der Waals surface area contributed by atoms with Gasteiger partial charge in [-0.1, -0.05) is 13.8 Å². The Morgan fingerprint density at radius 1 is 1.12 bits per heavy atom. The van der Waals surface area contributed by atoms with E-state index in [1.165, 1.54) is 0 Å². The van der Waals surface area contributed by atoms with E-state index < -0.39 is 0 Å². The largest absolute Gasteiger partial charge is 0.370 e. The van der Waals surface area contributed by atoms with Crippen molar-refractivity contribution in [3.8, 4) is 0 Å². The van der Waals surface area contributed by atoms with Gasteiger partial charge >= 0.3 is 0 Å². The van der Waals surface area contributed by atoms with Crippen LogP contribution in [0.2, 0.25) is 0 Å². The van der Waals surface area contributed by atoms with E-state index in [0.29, 0.717) is 12.5 Å². The van der Waals surface area contributed by atoms with Crippen molar-refractivity contribution in [2.75, 3.05) is 23.7 Å². The van der Waals surface area contributed by atoms with Gasteiger partial charge < -0.3 is 16.4 Å². The van der Waals surface area contributed by atoms with Crippen molar-refractivity contribution in [1.29, 1.82) is 0 Å². The molecule has 0 aliphatic carbocycles. The Balaban J connectivity index is 2.50. The lowest BCUT2D eigenvalue weighted by molar-refractivity contribution is 0.687. The maximum absolute atomic E-state index is 5.66. The average Bonchev–Trinajstić information content (AvgIpc) is 2.24.